The molecular formula is C15H17NO2. The summed E-state index contributed by atoms with van der Waals surface area (Å²) >= 11 is 0. The maximum Gasteiger partial charge on any atom is 0.194 e. The Kier molecular flexibility index (Phi) is 3.05. The van der Waals surface area contributed by atoms with Crippen molar-refractivity contribution < 1.29 is 9.53 Å². The molecule has 0 atom stereocenters. The molecule has 3 heteroatoms. The SMILES string of the molecule is O=C1/C(=C/N2CCCC2)CCOc2ccccc21. The number of fused-ring (bicyclic) bond motifs is 1. The summed E-state index contributed by atoms with van der Waals surface area (Å²) in [5.74, 6) is 0.835. The second kappa shape index (κ2) is 4.84. The lowest BCUT2D eigenvalue weighted by Crippen LogP contribution is -2.15. The summed E-state index contributed by atoms with van der Waals surface area (Å²) in [6.45, 7) is 2.72. The van der Waals surface area contributed by atoms with E-state index >= 15 is 0 Å². The first-order valence-corrected chi connectivity index (χ1v) is 6.56. The summed E-state index contributed by atoms with van der Waals surface area (Å²) in [7, 11) is 0. The molecule has 0 aromatic heterocycles. The smallest absolute Gasteiger partial charge is 0.194 e. The number of nitrogens with zero attached hydrogens (tertiary/aromatic N) is 1. The molecule has 0 saturated carbocycles. The Morgan fingerprint density at radius 1 is 1.17 bits per heavy atom. The topological polar surface area (TPSA) is 29.5 Å². The predicted octanol–water partition coefficient (Wildman–Crippen LogP) is 2.63. The van der Waals surface area contributed by atoms with Gasteiger partial charge in [-0.05, 0) is 25.0 Å². The molecule has 0 N–H and O–H groups in total. The number of carbonyl (C=O) groups excluding carboxylic acids is 1. The number of carbonyl (C=O) groups is 1. The normalized spacial score (nSPS) is 21.7. The van der Waals surface area contributed by atoms with Crippen LogP contribution in [0.25, 0.3) is 0 Å². The molecule has 0 aliphatic carbocycles. The van der Waals surface area contributed by atoms with Gasteiger partial charge in [0, 0.05) is 31.3 Å². The van der Waals surface area contributed by atoms with Gasteiger partial charge in [0.15, 0.2) is 5.78 Å². The van der Waals surface area contributed by atoms with Gasteiger partial charge in [0.1, 0.15) is 5.75 Å². The first kappa shape index (κ1) is 11.3. The highest BCUT2D eigenvalue weighted by Crippen LogP contribution is 2.26. The van der Waals surface area contributed by atoms with E-state index < -0.39 is 0 Å². The van der Waals surface area contributed by atoms with Crippen molar-refractivity contribution in [3.63, 3.8) is 0 Å². The van der Waals surface area contributed by atoms with Gasteiger partial charge < -0.3 is 9.64 Å². The standard InChI is InChI=1S/C15H17NO2/c17-15-12(11-16-8-3-4-9-16)7-10-18-14-6-2-1-5-13(14)15/h1-2,5-6,11H,3-4,7-10H2/b12-11+. The number of Topliss-reactive ketones (excluding diaryl/α,β-unsaturated/α-hetero) is 1. The van der Waals surface area contributed by atoms with Gasteiger partial charge in [0.2, 0.25) is 0 Å². The average Bonchev–Trinajstić information content (AvgIpc) is 2.85. The summed E-state index contributed by atoms with van der Waals surface area (Å²) < 4.78 is 5.63. The lowest BCUT2D eigenvalue weighted by atomic mass is 10.0. The predicted molar refractivity (Wildman–Crippen MR) is 69.8 cm³/mol. The van der Waals surface area contributed by atoms with Crippen molar-refractivity contribution in [2.75, 3.05) is 19.7 Å². The Bertz CT molecular complexity index is 487. The minimum absolute atomic E-state index is 0.120. The molecule has 0 unspecified atom stereocenters. The van der Waals surface area contributed by atoms with Crippen molar-refractivity contribution in [1.29, 1.82) is 0 Å². The van der Waals surface area contributed by atoms with Crippen molar-refractivity contribution in [3.8, 4) is 5.75 Å². The number of hydrogen-bond donors (Lipinski definition) is 0. The van der Waals surface area contributed by atoms with Crippen LogP contribution in [0.1, 0.15) is 29.6 Å². The van der Waals surface area contributed by atoms with E-state index in [2.05, 4.69) is 4.90 Å². The highest BCUT2D eigenvalue weighted by molar-refractivity contribution is 6.10. The highest BCUT2D eigenvalue weighted by Gasteiger charge is 2.21. The maximum atomic E-state index is 12.4. The Hall–Kier alpha value is -1.77. The summed E-state index contributed by atoms with van der Waals surface area (Å²) in [4.78, 5) is 14.7. The maximum absolute atomic E-state index is 12.4. The van der Waals surface area contributed by atoms with Gasteiger partial charge in [-0.25, -0.2) is 0 Å². The van der Waals surface area contributed by atoms with E-state index in [1.165, 1.54) is 12.8 Å². The number of rotatable bonds is 1. The molecule has 1 fully saturated rings. The second-order valence-corrected chi connectivity index (χ2v) is 4.82. The van der Waals surface area contributed by atoms with Crippen LogP contribution in [0.5, 0.6) is 5.75 Å². The first-order chi connectivity index (χ1) is 8.84. The minimum atomic E-state index is 0.120. The number of hydrogen-bond acceptors (Lipinski definition) is 3. The molecule has 0 bridgehead atoms. The van der Waals surface area contributed by atoms with Crippen LogP contribution in [-0.4, -0.2) is 30.4 Å². The average molecular weight is 243 g/mol. The summed E-state index contributed by atoms with van der Waals surface area (Å²) in [5, 5.41) is 0. The van der Waals surface area contributed by atoms with E-state index in [-0.39, 0.29) is 5.78 Å². The summed E-state index contributed by atoms with van der Waals surface area (Å²) in [6.07, 6.45) is 5.20. The van der Waals surface area contributed by atoms with E-state index in [0.717, 1.165) is 18.7 Å². The fraction of sp³-hybridized carbons (Fsp3) is 0.400. The van der Waals surface area contributed by atoms with Gasteiger partial charge in [-0.3, -0.25) is 4.79 Å². The summed E-state index contributed by atoms with van der Waals surface area (Å²) in [6, 6.07) is 7.51. The van der Waals surface area contributed by atoms with Gasteiger partial charge in [-0.15, -0.1) is 0 Å². The van der Waals surface area contributed by atoms with Gasteiger partial charge >= 0.3 is 0 Å². The molecule has 1 aromatic carbocycles. The largest absolute Gasteiger partial charge is 0.492 e. The number of para-hydroxylation sites is 1. The monoisotopic (exact) mass is 243 g/mol. The lowest BCUT2D eigenvalue weighted by molar-refractivity contribution is 0.103. The van der Waals surface area contributed by atoms with Crippen molar-refractivity contribution in [2.24, 2.45) is 0 Å². The third kappa shape index (κ3) is 2.13. The molecule has 2 aliphatic heterocycles. The molecule has 0 spiro atoms. The number of likely N-dealkylation sites (tertiary alicyclic amines) is 1. The zero-order valence-corrected chi connectivity index (χ0v) is 10.4. The van der Waals surface area contributed by atoms with Crippen molar-refractivity contribution in [3.05, 3.63) is 41.6 Å². The molecule has 18 heavy (non-hydrogen) atoms. The Morgan fingerprint density at radius 3 is 2.78 bits per heavy atom. The third-order valence-electron chi connectivity index (χ3n) is 3.53. The van der Waals surface area contributed by atoms with Gasteiger partial charge in [-0.2, -0.15) is 0 Å². The van der Waals surface area contributed by atoms with Crippen LogP contribution in [0.4, 0.5) is 0 Å². The van der Waals surface area contributed by atoms with E-state index in [1.54, 1.807) is 0 Å². The van der Waals surface area contributed by atoms with Crippen LogP contribution in [-0.2, 0) is 0 Å². The van der Waals surface area contributed by atoms with Gasteiger partial charge in [-0.1, -0.05) is 12.1 Å². The van der Waals surface area contributed by atoms with E-state index in [4.69, 9.17) is 4.74 Å². The first-order valence-electron chi connectivity index (χ1n) is 6.56. The van der Waals surface area contributed by atoms with Crippen molar-refractivity contribution in [1.82, 2.24) is 4.90 Å². The summed E-state index contributed by atoms with van der Waals surface area (Å²) in [5.41, 5.74) is 1.57. The zero-order chi connectivity index (χ0) is 12.4. The van der Waals surface area contributed by atoms with Crippen LogP contribution in [0, 0.1) is 0 Å². The van der Waals surface area contributed by atoms with Crippen LogP contribution >= 0.6 is 0 Å². The molecule has 1 aromatic rings. The molecule has 3 rings (SSSR count). The van der Waals surface area contributed by atoms with E-state index in [1.807, 2.05) is 30.5 Å². The van der Waals surface area contributed by atoms with Crippen LogP contribution in [0.3, 0.4) is 0 Å². The lowest BCUT2D eigenvalue weighted by Gasteiger charge is -2.13. The number of ketones is 1. The molecule has 0 amide bonds. The van der Waals surface area contributed by atoms with Crippen molar-refractivity contribution >= 4 is 5.78 Å². The van der Waals surface area contributed by atoms with Crippen molar-refractivity contribution in [2.45, 2.75) is 19.3 Å². The third-order valence-corrected chi connectivity index (χ3v) is 3.53. The van der Waals surface area contributed by atoms with Crippen LogP contribution < -0.4 is 4.74 Å². The minimum Gasteiger partial charge on any atom is -0.492 e. The van der Waals surface area contributed by atoms with Gasteiger partial charge in [0.05, 0.1) is 12.2 Å². The Morgan fingerprint density at radius 2 is 1.94 bits per heavy atom. The number of ether oxygens (including phenoxy) is 1. The number of benzene rings is 1. The molecule has 0 radical (unpaired) electrons. The second-order valence-electron chi connectivity index (χ2n) is 4.82. The molecular weight excluding hydrogens is 226 g/mol. The zero-order valence-electron chi connectivity index (χ0n) is 10.4. The van der Waals surface area contributed by atoms with E-state index in [0.29, 0.717) is 24.3 Å². The Balaban J connectivity index is 1.91. The molecule has 94 valence electrons. The highest BCUT2D eigenvalue weighted by atomic mass is 16.5. The molecule has 2 aliphatic rings. The molecule has 1 saturated heterocycles. The molecule has 2 heterocycles. The van der Waals surface area contributed by atoms with Crippen LogP contribution in [0.15, 0.2) is 36.0 Å². The van der Waals surface area contributed by atoms with Gasteiger partial charge in [0.25, 0.3) is 0 Å². The van der Waals surface area contributed by atoms with Crippen LogP contribution in [0.2, 0.25) is 0 Å². The fourth-order valence-corrected chi connectivity index (χ4v) is 2.55. The van der Waals surface area contributed by atoms with E-state index in [9.17, 15) is 4.79 Å². The fourth-order valence-electron chi connectivity index (χ4n) is 2.55. The Labute approximate surface area is 107 Å². The quantitative estimate of drug-likeness (QED) is 0.710. The molecule has 3 nitrogen and oxygen atoms in total.